The Hall–Kier alpha value is -3.75. The third kappa shape index (κ3) is 3.52. The molecule has 1 aliphatic rings. The number of anilines is 2. The number of carboxylic acids is 1. The Labute approximate surface area is 177 Å². The number of rotatable bonds is 6. The molecule has 4 rings (SSSR count). The molecule has 31 heavy (non-hydrogen) atoms. The summed E-state index contributed by atoms with van der Waals surface area (Å²) >= 11 is 0. The highest BCUT2D eigenvalue weighted by Gasteiger charge is 2.30. The minimum absolute atomic E-state index is 0.0145. The van der Waals surface area contributed by atoms with Crippen LogP contribution in [0, 0.1) is 12.7 Å². The lowest BCUT2D eigenvalue weighted by atomic mass is 10.0. The van der Waals surface area contributed by atoms with E-state index in [0.29, 0.717) is 5.75 Å². The van der Waals surface area contributed by atoms with Gasteiger partial charge in [0.15, 0.2) is 11.6 Å². The number of halogens is 1. The summed E-state index contributed by atoms with van der Waals surface area (Å²) < 4.78 is 28.1. The molecule has 0 saturated carbocycles. The van der Waals surface area contributed by atoms with Crippen molar-refractivity contribution < 1.29 is 23.8 Å². The van der Waals surface area contributed by atoms with Crippen molar-refractivity contribution in [1.82, 2.24) is 4.57 Å². The van der Waals surface area contributed by atoms with Crippen molar-refractivity contribution in [2.75, 3.05) is 30.8 Å². The van der Waals surface area contributed by atoms with Crippen LogP contribution in [0.2, 0.25) is 0 Å². The Bertz CT molecular complexity index is 1240. The Morgan fingerprint density at radius 2 is 2.10 bits per heavy atom. The standard InChI is InChI=1S/C22H22FN3O5/c1-11-3-5-13(6-4-11)30-8-7-25-18-16(23)17(24)15-19-21(18)31-10-12(2)26(19)9-14(20(15)27)22(28)29/h3-6,9,12,25H,7-8,10,24H2,1-2H3,(H,28,29)/t12-/m0/s1. The second-order valence-corrected chi connectivity index (χ2v) is 7.49. The average molecular weight is 427 g/mol. The molecule has 162 valence electrons. The van der Waals surface area contributed by atoms with E-state index < -0.39 is 28.5 Å². The van der Waals surface area contributed by atoms with Crippen LogP contribution in [0.5, 0.6) is 11.5 Å². The first-order chi connectivity index (χ1) is 14.8. The number of aromatic carboxylic acids is 1. The summed E-state index contributed by atoms with van der Waals surface area (Å²) in [6.45, 7) is 4.46. The first-order valence-electron chi connectivity index (χ1n) is 9.78. The number of hydrogen-bond acceptors (Lipinski definition) is 6. The van der Waals surface area contributed by atoms with Gasteiger partial charge >= 0.3 is 5.97 Å². The van der Waals surface area contributed by atoms with Gasteiger partial charge < -0.3 is 30.2 Å². The van der Waals surface area contributed by atoms with Gasteiger partial charge in [-0.1, -0.05) is 17.7 Å². The van der Waals surface area contributed by atoms with E-state index in [1.807, 2.05) is 31.2 Å². The molecule has 2 aromatic carbocycles. The van der Waals surface area contributed by atoms with Crippen molar-refractivity contribution >= 4 is 28.2 Å². The maximum Gasteiger partial charge on any atom is 0.341 e. The number of nitrogens with one attached hydrogen (secondary N) is 1. The number of carbonyl (C=O) groups is 1. The largest absolute Gasteiger partial charge is 0.492 e. The molecule has 9 heteroatoms. The van der Waals surface area contributed by atoms with Gasteiger partial charge in [-0.3, -0.25) is 4.79 Å². The Balaban J connectivity index is 1.71. The molecule has 2 heterocycles. The van der Waals surface area contributed by atoms with Crippen LogP contribution in [-0.2, 0) is 0 Å². The molecule has 0 amide bonds. The minimum atomic E-state index is -1.40. The maximum atomic E-state index is 15.1. The van der Waals surface area contributed by atoms with E-state index >= 15 is 4.39 Å². The van der Waals surface area contributed by atoms with Crippen molar-refractivity contribution in [3.8, 4) is 11.5 Å². The summed E-state index contributed by atoms with van der Waals surface area (Å²) in [5, 5.41) is 12.1. The van der Waals surface area contributed by atoms with Gasteiger partial charge in [0.2, 0.25) is 5.43 Å². The van der Waals surface area contributed by atoms with Crippen molar-refractivity contribution in [3.05, 3.63) is 57.6 Å². The summed E-state index contributed by atoms with van der Waals surface area (Å²) in [5.74, 6) is -1.44. The van der Waals surface area contributed by atoms with Gasteiger partial charge in [0, 0.05) is 12.7 Å². The van der Waals surface area contributed by atoms with E-state index in [-0.39, 0.29) is 48.1 Å². The maximum absolute atomic E-state index is 15.1. The number of nitrogens with zero attached hydrogens (tertiary/aromatic N) is 1. The number of aryl methyl sites for hydroxylation is 1. The number of benzene rings is 2. The number of carboxylic acid groups (broad SMARTS) is 1. The molecule has 0 fully saturated rings. The van der Waals surface area contributed by atoms with Gasteiger partial charge in [-0.05, 0) is 26.0 Å². The van der Waals surface area contributed by atoms with Crippen LogP contribution in [0.1, 0.15) is 28.9 Å². The molecule has 0 aliphatic carbocycles. The lowest BCUT2D eigenvalue weighted by Gasteiger charge is -2.29. The first-order valence-corrected chi connectivity index (χ1v) is 9.78. The fourth-order valence-electron chi connectivity index (χ4n) is 3.64. The zero-order chi connectivity index (χ0) is 22.3. The first kappa shape index (κ1) is 20.5. The second-order valence-electron chi connectivity index (χ2n) is 7.49. The Kier molecular flexibility index (Phi) is 5.18. The molecule has 1 aliphatic heterocycles. The number of nitrogen functional groups attached to an aromatic ring is 1. The normalized spacial score (nSPS) is 14.9. The van der Waals surface area contributed by atoms with Gasteiger partial charge in [0.25, 0.3) is 0 Å². The molecule has 4 N–H and O–H groups in total. The number of aromatic nitrogens is 1. The predicted octanol–water partition coefficient (Wildman–Crippen LogP) is 3.17. The fourth-order valence-corrected chi connectivity index (χ4v) is 3.64. The van der Waals surface area contributed by atoms with Crippen LogP contribution >= 0.6 is 0 Å². The van der Waals surface area contributed by atoms with E-state index in [2.05, 4.69) is 5.32 Å². The molecular weight excluding hydrogens is 405 g/mol. The molecule has 3 aromatic rings. The fraction of sp³-hybridized carbons (Fsp3) is 0.273. The summed E-state index contributed by atoms with van der Waals surface area (Å²) in [4.78, 5) is 24.2. The van der Waals surface area contributed by atoms with Crippen LogP contribution in [0.15, 0.2) is 35.3 Å². The van der Waals surface area contributed by atoms with Crippen LogP contribution in [0.4, 0.5) is 15.8 Å². The van der Waals surface area contributed by atoms with E-state index in [0.717, 1.165) is 5.56 Å². The number of ether oxygens (including phenoxy) is 2. The van der Waals surface area contributed by atoms with Gasteiger partial charge in [-0.15, -0.1) is 0 Å². The average Bonchev–Trinajstić information content (AvgIpc) is 2.74. The smallest absolute Gasteiger partial charge is 0.341 e. The van der Waals surface area contributed by atoms with Crippen LogP contribution < -0.4 is 26.0 Å². The molecule has 1 aromatic heterocycles. The van der Waals surface area contributed by atoms with Crippen molar-refractivity contribution in [1.29, 1.82) is 0 Å². The number of hydrogen-bond donors (Lipinski definition) is 3. The lowest BCUT2D eigenvalue weighted by molar-refractivity contribution is 0.0694. The van der Waals surface area contributed by atoms with Gasteiger partial charge in [0.1, 0.15) is 30.2 Å². The third-order valence-corrected chi connectivity index (χ3v) is 5.27. The van der Waals surface area contributed by atoms with E-state index in [9.17, 15) is 14.7 Å². The predicted molar refractivity (Wildman–Crippen MR) is 115 cm³/mol. The molecule has 0 unspecified atom stereocenters. The molecule has 8 nitrogen and oxygen atoms in total. The van der Waals surface area contributed by atoms with Crippen molar-refractivity contribution in [3.63, 3.8) is 0 Å². The van der Waals surface area contributed by atoms with Crippen LogP contribution in [-0.4, -0.2) is 35.4 Å². The van der Waals surface area contributed by atoms with E-state index in [1.165, 1.54) is 6.20 Å². The highest BCUT2D eigenvalue weighted by atomic mass is 19.1. The van der Waals surface area contributed by atoms with E-state index in [1.54, 1.807) is 11.5 Å². The molecular formula is C22H22FN3O5. The minimum Gasteiger partial charge on any atom is -0.492 e. The van der Waals surface area contributed by atoms with Crippen molar-refractivity contribution in [2.45, 2.75) is 19.9 Å². The highest BCUT2D eigenvalue weighted by Crippen LogP contribution is 2.43. The summed E-state index contributed by atoms with van der Waals surface area (Å²) in [7, 11) is 0. The molecule has 0 bridgehead atoms. The van der Waals surface area contributed by atoms with Crippen LogP contribution in [0.3, 0.4) is 0 Å². The topological polar surface area (TPSA) is 116 Å². The molecule has 0 saturated heterocycles. The van der Waals surface area contributed by atoms with Gasteiger partial charge in [0.05, 0.1) is 22.6 Å². The molecule has 0 spiro atoms. The van der Waals surface area contributed by atoms with Crippen LogP contribution in [0.25, 0.3) is 10.9 Å². The van der Waals surface area contributed by atoms with Crippen molar-refractivity contribution in [2.24, 2.45) is 0 Å². The number of nitrogens with two attached hydrogens (primary N) is 1. The lowest BCUT2D eigenvalue weighted by Crippen LogP contribution is -2.28. The Morgan fingerprint density at radius 1 is 1.39 bits per heavy atom. The van der Waals surface area contributed by atoms with Gasteiger partial charge in [-0.25, -0.2) is 9.18 Å². The van der Waals surface area contributed by atoms with E-state index in [4.69, 9.17) is 15.2 Å². The highest BCUT2D eigenvalue weighted by molar-refractivity contribution is 6.03. The molecule has 0 radical (unpaired) electrons. The second kappa shape index (κ2) is 7.82. The van der Waals surface area contributed by atoms with Gasteiger partial charge in [-0.2, -0.15) is 0 Å². The summed E-state index contributed by atoms with van der Waals surface area (Å²) in [6.07, 6.45) is 1.26. The molecule has 1 atom stereocenters. The zero-order valence-corrected chi connectivity index (χ0v) is 17.1. The summed E-state index contributed by atoms with van der Waals surface area (Å²) in [5.41, 5.74) is 5.62. The third-order valence-electron chi connectivity index (χ3n) is 5.27. The monoisotopic (exact) mass is 427 g/mol. The Morgan fingerprint density at radius 3 is 2.77 bits per heavy atom. The SMILES string of the molecule is Cc1ccc(OCCNc2c(F)c(N)c3c(=O)c(C(=O)O)cn4c3c2OC[C@@H]4C)cc1. The number of pyridine rings is 1. The zero-order valence-electron chi connectivity index (χ0n) is 17.1. The summed E-state index contributed by atoms with van der Waals surface area (Å²) in [6, 6.07) is 7.27. The quantitative estimate of drug-likeness (QED) is 0.409.